The van der Waals surface area contributed by atoms with Crippen molar-refractivity contribution in [2.75, 3.05) is 50.7 Å². The highest BCUT2D eigenvalue weighted by Gasteiger charge is 2.53. The maximum Gasteiger partial charge on any atom is 0.194 e. The van der Waals surface area contributed by atoms with Gasteiger partial charge in [-0.25, -0.2) is 9.98 Å². The van der Waals surface area contributed by atoms with E-state index in [0.29, 0.717) is 12.0 Å². The molecule has 0 spiro atoms. The molecule has 0 atom stereocenters. The van der Waals surface area contributed by atoms with Crippen LogP contribution in [-0.4, -0.2) is 72.1 Å². The summed E-state index contributed by atoms with van der Waals surface area (Å²) in [6.45, 7) is 21.7. The number of nitrogens with one attached hydrogen (secondary N) is 1. The van der Waals surface area contributed by atoms with Gasteiger partial charge in [-0.2, -0.15) is 0 Å². The third-order valence-corrected chi connectivity index (χ3v) is 6.84. The number of rotatable bonds is 5. The molecule has 0 aromatic carbocycles. The van der Waals surface area contributed by atoms with E-state index in [0.717, 1.165) is 63.2 Å². The third-order valence-electron chi connectivity index (χ3n) is 6.84. The van der Waals surface area contributed by atoms with Crippen molar-refractivity contribution in [2.45, 2.75) is 53.6 Å². The normalized spacial score (nSPS) is 22.1. The maximum absolute atomic E-state index is 4.90. The molecule has 0 radical (unpaired) electrons. The number of aliphatic imine (C=N–C) groups is 1. The fraction of sp³-hybridized carbons (Fsp3) is 0.727. The van der Waals surface area contributed by atoms with Crippen LogP contribution in [0, 0.1) is 5.41 Å². The molecular formula is C22H38N6. The van der Waals surface area contributed by atoms with Crippen LogP contribution in [-0.2, 0) is 6.54 Å². The minimum atomic E-state index is 0.108. The molecule has 2 fully saturated rings. The Kier molecular flexibility index (Phi) is 6.18. The summed E-state index contributed by atoms with van der Waals surface area (Å²) in [5.41, 5.74) is 1.56. The number of aromatic nitrogens is 1. The van der Waals surface area contributed by atoms with E-state index in [1.54, 1.807) is 0 Å². The molecule has 6 nitrogen and oxygen atoms in total. The minimum Gasteiger partial charge on any atom is -0.356 e. The zero-order chi connectivity index (χ0) is 20.4. The molecule has 0 saturated carbocycles. The van der Waals surface area contributed by atoms with Crippen LogP contribution in [0.5, 0.6) is 0 Å². The van der Waals surface area contributed by atoms with Gasteiger partial charge < -0.3 is 20.0 Å². The van der Waals surface area contributed by atoms with Crippen molar-refractivity contribution in [1.82, 2.24) is 20.1 Å². The number of guanidine groups is 1. The van der Waals surface area contributed by atoms with Gasteiger partial charge in [-0.05, 0) is 38.9 Å². The van der Waals surface area contributed by atoms with Crippen LogP contribution in [0.2, 0.25) is 0 Å². The summed E-state index contributed by atoms with van der Waals surface area (Å²) >= 11 is 0. The number of nitrogens with zero attached hydrogens (tertiary/aromatic N) is 5. The Morgan fingerprint density at radius 3 is 2.32 bits per heavy atom. The van der Waals surface area contributed by atoms with Gasteiger partial charge in [0.1, 0.15) is 5.82 Å². The van der Waals surface area contributed by atoms with Crippen LogP contribution < -0.4 is 10.2 Å². The predicted molar refractivity (Wildman–Crippen MR) is 118 cm³/mol. The van der Waals surface area contributed by atoms with Crippen molar-refractivity contribution >= 4 is 11.8 Å². The molecule has 0 bridgehead atoms. The zero-order valence-electron chi connectivity index (χ0n) is 18.6. The quantitative estimate of drug-likeness (QED) is 0.623. The van der Waals surface area contributed by atoms with Gasteiger partial charge in [0.2, 0.25) is 0 Å². The van der Waals surface area contributed by atoms with Crippen LogP contribution in [0.3, 0.4) is 0 Å². The Bertz CT molecular complexity index is 671. The zero-order valence-corrected chi connectivity index (χ0v) is 18.6. The summed E-state index contributed by atoms with van der Waals surface area (Å²) in [7, 11) is 0. The highest BCUT2D eigenvalue weighted by atomic mass is 15.4. The first-order valence-corrected chi connectivity index (χ1v) is 10.8. The average Bonchev–Trinajstić information content (AvgIpc) is 2.70. The van der Waals surface area contributed by atoms with Crippen molar-refractivity contribution < 1.29 is 0 Å². The van der Waals surface area contributed by atoms with E-state index >= 15 is 0 Å². The lowest BCUT2D eigenvalue weighted by Gasteiger charge is -2.62. The third kappa shape index (κ3) is 4.12. The summed E-state index contributed by atoms with van der Waals surface area (Å²) in [4.78, 5) is 16.9. The van der Waals surface area contributed by atoms with Crippen molar-refractivity contribution in [2.24, 2.45) is 10.4 Å². The van der Waals surface area contributed by atoms with Crippen LogP contribution >= 0.6 is 0 Å². The number of piperazine rings is 1. The maximum atomic E-state index is 4.90. The van der Waals surface area contributed by atoms with Crippen molar-refractivity contribution in [3.63, 3.8) is 0 Å². The molecule has 6 heteroatoms. The van der Waals surface area contributed by atoms with E-state index in [-0.39, 0.29) is 5.54 Å². The highest BCUT2D eigenvalue weighted by Crippen LogP contribution is 2.46. The van der Waals surface area contributed by atoms with Crippen molar-refractivity contribution in [1.29, 1.82) is 0 Å². The molecule has 156 valence electrons. The van der Waals surface area contributed by atoms with Crippen molar-refractivity contribution in [3.8, 4) is 0 Å². The van der Waals surface area contributed by atoms with E-state index in [1.165, 1.54) is 0 Å². The summed E-state index contributed by atoms with van der Waals surface area (Å²) in [6, 6.07) is 4.32. The van der Waals surface area contributed by atoms with E-state index in [2.05, 4.69) is 73.7 Å². The van der Waals surface area contributed by atoms with E-state index in [9.17, 15) is 0 Å². The fourth-order valence-corrected chi connectivity index (χ4v) is 3.95. The second-order valence-corrected chi connectivity index (χ2v) is 9.15. The van der Waals surface area contributed by atoms with Gasteiger partial charge in [-0.15, -0.1) is 0 Å². The Morgan fingerprint density at radius 2 is 1.82 bits per heavy atom. The van der Waals surface area contributed by atoms with Gasteiger partial charge >= 0.3 is 0 Å². The topological polar surface area (TPSA) is 47.0 Å². The lowest BCUT2D eigenvalue weighted by atomic mass is 9.65. The first-order chi connectivity index (χ1) is 13.3. The van der Waals surface area contributed by atoms with Gasteiger partial charge in [0, 0.05) is 56.4 Å². The largest absolute Gasteiger partial charge is 0.356 e. The fourth-order valence-electron chi connectivity index (χ4n) is 3.95. The lowest BCUT2D eigenvalue weighted by Crippen LogP contribution is -2.72. The van der Waals surface area contributed by atoms with Gasteiger partial charge in [-0.1, -0.05) is 26.8 Å². The summed E-state index contributed by atoms with van der Waals surface area (Å²) < 4.78 is 0. The predicted octanol–water partition coefficient (Wildman–Crippen LogP) is 2.81. The van der Waals surface area contributed by atoms with Crippen LogP contribution in [0.15, 0.2) is 23.3 Å². The number of likely N-dealkylation sites (N-methyl/N-ethyl adjacent to an activating group) is 1. The van der Waals surface area contributed by atoms with Gasteiger partial charge in [0.15, 0.2) is 5.96 Å². The summed E-state index contributed by atoms with van der Waals surface area (Å²) in [5.74, 6) is 2.09. The number of pyridine rings is 1. The van der Waals surface area contributed by atoms with Crippen LogP contribution in [0.4, 0.5) is 5.82 Å². The van der Waals surface area contributed by atoms with Gasteiger partial charge in [-0.3, -0.25) is 0 Å². The number of hydrogen-bond donors (Lipinski definition) is 1. The minimum absolute atomic E-state index is 0.108. The second kappa shape index (κ2) is 8.27. The van der Waals surface area contributed by atoms with E-state index < -0.39 is 0 Å². The molecule has 0 unspecified atom stereocenters. The number of anilines is 1. The lowest BCUT2D eigenvalue weighted by molar-refractivity contribution is -0.0667. The SMILES string of the molecule is CCNC(=NCc1ccc(N2CCN(CC)CC2)nc1)N1CC(C)(C)C1(C)C. The molecule has 2 aliphatic heterocycles. The summed E-state index contributed by atoms with van der Waals surface area (Å²) in [6.07, 6.45) is 1.99. The van der Waals surface area contributed by atoms with Gasteiger partial charge in [0.05, 0.1) is 6.54 Å². The van der Waals surface area contributed by atoms with Crippen LogP contribution in [0.25, 0.3) is 0 Å². The Hall–Kier alpha value is -1.82. The molecule has 1 aromatic heterocycles. The molecular weight excluding hydrogens is 348 g/mol. The Balaban J connectivity index is 1.62. The van der Waals surface area contributed by atoms with Gasteiger partial charge in [0.25, 0.3) is 0 Å². The molecule has 3 rings (SSSR count). The molecule has 0 amide bonds. The standard InChI is InChI=1S/C22H38N6/c1-7-23-20(28-17-21(3,4)22(28,5)6)25-16-18-9-10-19(24-15-18)27-13-11-26(8-2)12-14-27/h9-10,15H,7-8,11-14,16-17H2,1-6H3,(H,23,25). The van der Waals surface area contributed by atoms with E-state index in [1.807, 2.05) is 6.20 Å². The monoisotopic (exact) mass is 386 g/mol. The molecule has 28 heavy (non-hydrogen) atoms. The number of likely N-dealkylation sites (tertiary alicyclic amines) is 1. The molecule has 0 aliphatic carbocycles. The first-order valence-electron chi connectivity index (χ1n) is 10.8. The molecule has 1 N–H and O–H groups in total. The van der Waals surface area contributed by atoms with Crippen LogP contribution in [0.1, 0.15) is 47.1 Å². The number of hydrogen-bond acceptors (Lipinski definition) is 4. The molecule has 1 aromatic rings. The summed E-state index contributed by atoms with van der Waals surface area (Å²) in [5, 5.41) is 3.46. The second-order valence-electron chi connectivity index (χ2n) is 9.15. The molecule has 3 heterocycles. The van der Waals surface area contributed by atoms with E-state index in [4.69, 9.17) is 9.98 Å². The molecule has 2 saturated heterocycles. The molecule has 2 aliphatic rings. The van der Waals surface area contributed by atoms with Crippen molar-refractivity contribution in [3.05, 3.63) is 23.9 Å². The highest BCUT2D eigenvalue weighted by molar-refractivity contribution is 5.82. The Morgan fingerprint density at radius 1 is 1.11 bits per heavy atom. The first kappa shape index (κ1) is 20.9. The Labute approximate surface area is 171 Å². The smallest absolute Gasteiger partial charge is 0.194 e. The average molecular weight is 387 g/mol.